The zero-order valence-corrected chi connectivity index (χ0v) is 14.8. The van der Waals surface area contributed by atoms with Crippen LogP contribution in [0.3, 0.4) is 0 Å². The van der Waals surface area contributed by atoms with E-state index in [1.165, 1.54) is 4.90 Å². The SMILES string of the molecule is Cc1ccc(/C(O)=C2\C(=O)C(=O)N(CCC(=O)O)C2c2ccccc2)cc1. The number of carboxylic acids is 1. The highest BCUT2D eigenvalue weighted by molar-refractivity contribution is 6.46. The summed E-state index contributed by atoms with van der Waals surface area (Å²) >= 11 is 0. The quantitative estimate of drug-likeness (QED) is 0.483. The standard InChI is InChI=1S/C21H19NO5/c1-13-7-9-15(10-8-13)19(25)17-18(14-5-3-2-4-6-14)22(12-11-16(23)24)21(27)20(17)26/h2-10,18,25H,11-12H2,1H3,(H,23,24)/b19-17+. The van der Waals surface area contributed by atoms with Crippen molar-refractivity contribution in [3.05, 3.63) is 76.9 Å². The molecule has 0 spiro atoms. The molecule has 138 valence electrons. The fourth-order valence-electron chi connectivity index (χ4n) is 3.18. The van der Waals surface area contributed by atoms with E-state index in [2.05, 4.69) is 0 Å². The molecule has 0 saturated carbocycles. The van der Waals surface area contributed by atoms with Crippen LogP contribution in [0.25, 0.3) is 5.76 Å². The third-order valence-electron chi connectivity index (χ3n) is 4.55. The first-order valence-electron chi connectivity index (χ1n) is 8.52. The lowest BCUT2D eigenvalue weighted by molar-refractivity contribution is -0.142. The van der Waals surface area contributed by atoms with E-state index in [4.69, 9.17) is 5.11 Å². The van der Waals surface area contributed by atoms with Crippen molar-refractivity contribution in [3.63, 3.8) is 0 Å². The maximum Gasteiger partial charge on any atom is 0.305 e. The van der Waals surface area contributed by atoms with Gasteiger partial charge < -0.3 is 15.1 Å². The average molecular weight is 365 g/mol. The van der Waals surface area contributed by atoms with Crippen LogP contribution in [0.5, 0.6) is 0 Å². The fraction of sp³-hybridized carbons (Fsp3) is 0.190. The number of aliphatic carboxylic acids is 1. The Morgan fingerprint density at radius 3 is 2.22 bits per heavy atom. The zero-order chi connectivity index (χ0) is 19.6. The smallest absolute Gasteiger partial charge is 0.305 e. The predicted octanol–water partition coefficient (Wildman–Crippen LogP) is 2.89. The van der Waals surface area contributed by atoms with Gasteiger partial charge in [-0.25, -0.2) is 0 Å². The number of aryl methyl sites for hydroxylation is 1. The van der Waals surface area contributed by atoms with Gasteiger partial charge in [0.1, 0.15) is 5.76 Å². The van der Waals surface area contributed by atoms with Gasteiger partial charge in [-0.15, -0.1) is 0 Å². The van der Waals surface area contributed by atoms with Crippen molar-refractivity contribution in [1.82, 2.24) is 4.90 Å². The van der Waals surface area contributed by atoms with Gasteiger partial charge in [0.2, 0.25) is 0 Å². The molecular formula is C21H19NO5. The molecule has 6 nitrogen and oxygen atoms in total. The number of carbonyl (C=O) groups is 3. The van der Waals surface area contributed by atoms with Gasteiger partial charge in [-0.1, -0.05) is 60.2 Å². The Hall–Kier alpha value is -3.41. The van der Waals surface area contributed by atoms with E-state index in [1.807, 2.05) is 6.92 Å². The average Bonchev–Trinajstić information content (AvgIpc) is 2.91. The molecule has 6 heteroatoms. The van der Waals surface area contributed by atoms with Gasteiger partial charge in [0, 0.05) is 12.1 Å². The molecule has 2 aromatic carbocycles. The van der Waals surface area contributed by atoms with Crippen LogP contribution in [0.4, 0.5) is 0 Å². The minimum absolute atomic E-state index is 0.0274. The van der Waals surface area contributed by atoms with Gasteiger partial charge >= 0.3 is 5.97 Å². The molecule has 0 aromatic heterocycles. The van der Waals surface area contributed by atoms with Crippen molar-refractivity contribution in [3.8, 4) is 0 Å². The fourth-order valence-corrected chi connectivity index (χ4v) is 3.18. The maximum atomic E-state index is 12.7. The van der Waals surface area contributed by atoms with Crippen LogP contribution in [-0.4, -0.2) is 39.3 Å². The van der Waals surface area contributed by atoms with Crippen LogP contribution < -0.4 is 0 Å². The number of benzene rings is 2. The molecule has 1 heterocycles. The van der Waals surface area contributed by atoms with Crippen molar-refractivity contribution < 1.29 is 24.6 Å². The lowest BCUT2D eigenvalue weighted by Gasteiger charge is -2.24. The molecule has 1 aliphatic heterocycles. The second-order valence-electron chi connectivity index (χ2n) is 6.41. The number of likely N-dealkylation sites (tertiary alicyclic amines) is 1. The van der Waals surface area contributed by atoms with E-state index in [-0.39, 0.29) is 24.3 Å². The van der Waals surface area contributed by atoms with Crippen LogP contribution in [0.1, 0.15) is 29.2 Å². The summed E-state index contributed by atoms with van der Waals surface area (Å²) in [5.41, 5.74) is 2.03. The van der Waals surface area contributed by atoms with Gasteiger partial charge in [-0.3, -0.25) is 14.4 Å². The number of ketones is 1. The summed E-state index contributed by atoms with van der Waals surface area (Å²) in [6, 6.07) is 14.9. The molecule has 1 unspecified atom stereocenters. The van der Waals surface area contributed by atoms with Gasteiger partial charge in [-0.05, 0) is 12.5 Å². The van der Waals surface area contributed by atoms with Crippen molar-refractivity contribution in [2.24, 2.45) is 0 Å². The lowest BCUT2D eigenvalue weighted by Crippen LogP contribution is -2.31. The van der Waals surface area contributed by atoms with Crippen molar-refractivity contribution in [1.29, 1.82) is 0 Å². The second-order valence-corrected chi connectivity index (χ2v) is 6.41. The summed E-state index contributed by atoms with van der Waals surface area (Å²) in [6.07, 6.45) is -0.291. The van der Waals surface area contributed by atoms with Crippen molar-refractivity contribution in [2.45, 2.75) is 19.4 Å². The van der Waals surface area contributed by atoms with Crippen LogP contribution in [-0.2, 0) is 14.4 Å². The summed E-state index contributed by atoms with van der Waals surface area (Å²) in [5.74, 6) is -2.95. The van der Waals surface area contributed by atoms with Crippen LogP contribution in [0.15, 0.2) is 60.2 Å². The predicted molar refractivity (Wildman–Crippen MR) is 98.9 cm³/mol. The van der Waals surface area contributed by atoms with Gasteiger partial charge in [0.25, 0.3) is 11.7 Å². The summed E-state index contributed by atoms with van der Waals surface area (Å²) < 4.78 is 0. The molecule has 1 fully saturated rings. The number of aliphatic hydroxyl groups excluding tert-OH is 1. The first-order valence-corrected chi connectivity index (χ1v) is 8.52. The number of hydrogen-bond donors (Lipinski definition) is 2. The number of carboxylic acid groups (broad SMARTS) is 1. The highest BCUT2D eigenvalue weighted by Crippen LogP contribution is 2.39. The minimum Gasteiger partial charge on any atom is -0.507 e. The molecule has 1 atom stereocenters. The van der Waals surface area contributed by atoms with Gasteiger partial charge in [0.15, 0.2) is 0 Å². The number of Topliss-reactive ketones (excluding diaryl/α,β-unsaturated/α-hetero) is 1. The van der Waals surface area contributed by atoms with Crippen molar-refractivity contribution in [2.75, 3.05) is 6.54 Å². The molecule has 27 heavy (non-hydrogen) atoms. The molecule has 2 N–H and O–H groups in total. The van der Waals surface area contributed by atoms with Gasteiger partial charge in [0.05, 0.1) is 18.0 Å². The highest BCUT2D eigenvalue weighted by atomic mass is 16.4. The van der Waals surface area contributed by atoms with Crippen LogP contribution in [0.2, 0.25) is 0 Å². The normalized spacial score (nSPS) is 18.7. The molecule has 3 rings (SSSR count). The second kappa shape index (κ2) is 7.45. The largest absolute Gasteiger partial charge is 0.507 e. The monoisotopic (exact) mass is 365 g/mol. The number of nitrogens with zero attached hydrogens (tertiary/aromatic N) is 1. The topological polar surface area (TPSA) is 94.9 Å². The van der Waals surface area contributed by atoms with Crippen molar-refractivity contribution >= 4 is 23.4 Å². The Kier molecular flexibility index (Phi) is 5.07. The van der Waals surface area contributed by atoms with E-state index >= 15 is 0 Å². The Balaban J connectivity index is 2.13. The van der Waals surface area contributed by atoms with E-state index in [1.54, 1.807) is 54.6 Å². The minimum atomic E-state index is -1.07. The lowest BCUT2D eigenvalue weighted by atomic mass is 9.95. The van der Waals surface area contributed by atoms with E-state index < -0.39 is 23.7 Å². The third-order valence-corrected chi connectivity index (χ3v) is 4.55. The first-order chi connectivity index (χ1) is 12.9. The number of carbonyl (C=O) groups excluding carboxylic acids is 2. The van der Waals surface area contributed by atoms with E-state index in [9.17, 15) is 19.5 Å². The Labute approximate surface area is 156 Å². The zero-order valence-electron chi connectivity index (χ0n) is 14.8. The molecule has 2 aromatic rings. The summed E-state index contributed by atoms with van der Waals surface area (Å²) in [6.45, 7) is 1.78. The Morgan fingerprint density at radius 2 is 1.63 bits per heavy atom. The molecular weight excluding hydrogens is 346 g/mol. The number of aliphatic hydroxyl groups is 1. The van der Waals surface area contributed by atoms with Crippen LogP contribution in [0, 0.1) is 6.92 Å². The Bertz CT molecular complexity index is 915. The molecule has 1 amide bonds. The third kappa shape index (κ3) is 3.60. The molecule has 0 aliphatic carbocycles. The summed E-state index contributed by atoms with van der Waals surface area (Å²) in [5, 5.41) is 19.8. The number of amides is 1. The van der Waals surface area contributed by atoms with Gasteiger partial charge in [-0.2, -0.15) is 0 Å². The number of hydrogen-bond acceptors (Lipinski definition) is 4. The Morgan fingerprint density at radius 1 is 1.00 bits per heavy atom. The summed E-state index contributed by atoms with van der Waals surface area (Å²) in [4.78, 5) is 37.4. The molecule has 0 radical (unpaired) electrons. The van der Waals surface area contributed by atoms with E-state index in [0.29, 0.717) is 11.1 Å². The maximum absolute atomic E-state index is 12.7. The van der Waals surface area contributed by atoms with E-state index in [0.717, 1.165) is 5.56 Å². The van der Waals surface area contributed by atoms with Crippen LogP contribution >= 0.6 is 0 Å². The first kappa shape index (κ1) is 18.4. The summed E-state index contributed by atoms with van der Waals surface area (Å²) in [7, 11) is 0. The number of rotatable bonds is 5. The highest BCUT2D eigenvalue weighted by Gasteiger charge is 2.45. The molecule has 0 bridgehead atoms. The molecule has 1 saturated heterocycles. The molecule has 1 aliphatic rings.